The molecule has 2 aromatic rings. The Hall–Kier alpha value is -2.48. The Kier molecular flexibility index (Phi) is 3.41. The second-order valence-corrected chi connectivity index (χ2v) is 5.67. The highest BCUT2D eigenvalue weighted by atomic mass is 16.4. The number of rotatable bonds is 3. The standard InChI is InChI=1S/C15H16N2O3/c1-15(2,3)10-6-11(7-16)17(8-10)9-12-4-5-13(20-12)14(18)19/h4-6,8H,9H2,1-3H3,(H,18,19). The average molecular weight is 272 g/mol. The van der Waals surface area contributed by atoms with E-state index in [9.17, 15) is 10.1 Å². The lowest BCUT2D eigenvalue weighted by molar-refractivity contribution is 0.0660. The minimum atomic E-state index is -1.10. The number of aromatic nitrogens is 1. The Bertz CT molecular complexity index is 681. The number of carbonyl (C=O) groups is 1. The first-order valence-corrected chi connectivity index (χ1v) is 6.24. The molecule has 0 saturated heterocycles. The third-order valence-corrected chi connectivity index (χ3v) is 3.08. The Morgan fingerprint density at radius 2 is 2.15 bits per heavy atom. The fraction of sp³-hybridized carbons (Fsp3) is 0.333. The van der Waals surface area contributed by atoms with Crippen LogP contribution in [0.15, 0.2) is 28.8 Å². The van der Waals surface area contributed by atoms with Crippen LogP contribution < -0.4 is 0 Å². The second-order valence-electron chi connectivity index (χ2n) is 5.67. The number of furan rings is 1. The molecule has 2 heterocycles. The molecule has 0 aliphatic carbocycles. The van der Waals surface area contributed by atoms with Gasteiger partial charge in [-0.3, -0.25) is 0 Å². The maximum atomic E-state index is 10.8. The molecule has 0 fully saturated rings. The van der Waals surface area contributed by atoms with Crippen LogP contribution in [0.4, 0.5) is 0 Å². The van der Waals surface area contributed by atoms with Crippen molar-refractivity contribution in [1.29, 1.82) is 5.26 Å². The van der Waals surface area contributed by atoms with E-state index in [1.807, 2.05) is 12.3 Å². The van der Waals surface area contributed by atoms with Crippen LogP contribution in [0.2, 0.25) is 0 Å². The van der Waals surface area contributed by atoms with Gasteiger partial charge >= 0.3 is 5.97 Å². The van der Waals surface area contributed by atoms with Crippen LogP contribution in [0.5, 0.6) is 0 Å². The SMILES string of the molecule is CC(C)(C)c1cc(C#N)n(Cc2ccc(C(=O)O)o2)c1. The van der Waals surface area contributed by atoms with Gasteiger partial charge in [0.25, 0.3) is 0 Å². The number of carboxylic acid groups (broad SMARTS) is 1. The minimum absolute atomic E-state index is 0.0494. The molecule has 0 spiro atoms. The predicted molar refractivity (Wildman–Crippen MR) is 72.6 cm³/mol. The maximum Gasteiger partial charge on any atom is 0.371 e. The summed E-state index contributed by atoms with van der Waals surface area (Å²) in [4.78, 5) is 10.8. The van der Waals surface area contributed by atoms with E-state index in [1.54, 1.807) is 10.6 Å². The lowest BCUT2D eigenvalue weighted by atomic mass is 9.89. The second kappa shape index (κ2) is 4.89. The first-order valence-electron chi connectivity index (χ1n) is 6.24. The molecule has 104 valence electrons. The summed E-state index contributed by atoms with van der Waals surface area (Å²) < 4.78 is 6.98. The normalized spacial score (nSPS) is 11.3. The number of hydrogen-bond donors (Lipinski definition) is 1. The van der Waals surface area contributed by atoms with Gasteiger partial charge in [-0.15, -0.1) is 0 Å². The molecule has 0 aliphatic rings. The average Bonchev–Trinajstić information content (AvgIpc) is 2.95. The molecule has 2 aromatic heterocycles. The van der Waals surface area contributed by atoms with Gasteiger partial charge in [0.1, 0.15) is 17.5 Å². The molecule has 0 aliphatic heterocycles. The highest BCUT2D eigenvalue weighted by molar-refractivity contribution is 5.84. The van der Waals surface area contributed by atoms with Crippen molar-refractivity contribution in [3.05, 3.63) is 47.2 Å². The van der Waals surface area contributed by atoms with Crippen molar-refractivity contribution in [3.8, 4) is 6.07 Å². The van der Waals surface area contributed by atoms with Gasteiger partial charge in [-0.25, -0.2) is 4.79 Å². The van der Waals surface area contributed by atoms with E-state index in [0.29, 0.717) is 18.0 Å². The zero-order valence-electron chi connectivity index (χ0n) is 11.7. The van der Waals surface area contributed by atoms with Crippen molar-refractivity contribution in [2.75, 3.05) is 0 Å². The van der Waals surface area contributed by atoms with Crippen LogP contribution in [0.25, 0.3) is 0 Å². The Morgan fingerprint density at radius 1 is 1.45 bits per heavy atom. The molecule has 0 aromatic carbocycles. The molecule has 0 bridgehead atoms. The van der Waals surface area contributed by atoms with Crippen LogP contribution in [-0.4, -0.2) is 15.6 Å². The number of carboxylic acids is 1. The monoisotopic (exact) mass is 272 g/mol. The maximum absolute atomic E-state index is 10.8. The fourth-order valence-electron chi connectivity index (χ4n) is 1.89. The minimum Gasteiger partial charge on any atom is -0.475 e. The summed E-state index contributed by atoms with van der Waals surface area (Å²) in [5, 5.41) is 18.0. The zero-order valence-corrected chi connectivity index (χ0v) is 11.7. The highest BCUT2D eigenvalue weighted by Gasteiger charge is 2.18. The molecule has 0 amide bonds. The van der Waals surface area contributed by atoms with Crippen molar-refractivity contribution >= 4 is 5.97 Å². The molecule has 2 rings (SSSR count). The van der Waals surface area contributed by atoms with Crippen LogP contribution in [0.1, 0.15) is 48.3 Å². The number of aromatic carboxylic acids is 1. The fourth-order valence-corrected chi connectivity index (χ4v) is 1.89. The lowest BCUT2D eigenvalue weighted by Crippen LogP contribution is -2.09. The molecule has 0 unspecified atom stereocenters. The van der Waals surface area contributed by atoms with Crippen LogP contribution in [0, 0.1) is 11.3 Å². The summed E-state index contributed by atoms with van der Waals surface area (Å²) >= 11 is 0. The summed E-state index contributed by atoms with van der Waals surface area (Å²) in [5.41, 5.74) is 1.54. The first kappa shape index (κ1) is 13.9. The summed E-state index contributed by atoms with van der Waals surface area (Å²) in [6, 6.07) is 7.02. The molecule has 0 atom stereocenters. The Labute approximate surface area is 117 Å². The predicted octanol–water partition coefficient (Wildman–Crippen LogP) is 3.00. The quantitative estimate of drug-likeness (QED) is 0.931. The molecule has 0 radical (unpaired) electrons. The summed E-state index contributed by atoms with van der Waals surface area (Å²) in [6.45, 7) is 6.56. The Morgan fingerprint density at radius 3 is 2.65 bits per heavy atom. The van der Waals surface area contributed by atoms with E-state index >= 15 is 0 Å². The summed E-state index contributed by atoms with van der Waals surface area (Å²) in [5.74, 6) is -0.684. The number of nitrogens with zero attached hydrogens (tertiary/aromatic N) is 2. The van der Waals surface area contributed by atoms with Crippen molar-refractivity contribution < 1.29 is 14.3 Å². The topological polar surface area (TPSA) is 79.2 Å². The first-order chi connectivity index (χ1) is 9.31. The summed E-state index contributed by atoms with van der Waals surface area (Å²) in [7, 11) is 0. The Balaban J connectivity index is 2.31. The van der Waals surface area contributed by atoms with E-state index in [4.69, 9.17) is 9.52 Å². The molecular formula is C15H16N2O3. The van der Waals surface area contributed by atoms with Crippen LogP contribution in [0.3, 0.4) is 0 Å². The molecule has 20 heavy (non-hydrogen) atoms. The van der Waals surface area contributed by atoms with E-state index in [2.05, 4.69) is 26.8 Å². The molecule has 5 heteroatoms. The van der Waals surface area contributed by atoms with Crippen LogP contribution in [-0.2, 0) is 12.0 Å². The highest BCUT2D eigenvalue weighted by Crippen LogP contribution is 2.25. The van der Waals surface area contributed by atoms with Gasteiger partial charge in [-0.1, -0.05) is 20.8 Å². The third-order valence-electron chi connectivity index (χ3n) is 3.08. The number of nitriles is 1. The zero-order chi connectivity index (χ0) is 14.9. The molecular weight excluding hydrogens is 256 g/mol. The van der Waals surface area contributed by atoms with Crippen molar-refractivity contribution in [2.24, 2.45) is 0 Å². The van der Waals surface area contributed by atoms with Crippen molar-refractivity contribution in [2.45, 2.75) is 32.7 Å². The van der Waals surface area contributed by atoms with E-state index < -0.39 is 5.97 Å². The third kappa shape index (κ3) is 2.75. The van der Waals surface area contributed by atoms with Crippen LogP contribution >= 0.6 is 0 Å². The van der Waals surface area contributed by atoms with Gasteiger partial charge < -0.3 is 14.1 Å². The summed E-state index contributed by atoms with van der Waals surface area (Å²) in [6.07, 6.45) is 1.90. The van der Waals surface area contributed by atoms with Crippen molar-refractivity contribution in [1.82, 2.24) is 4.57 Å². The lowest BCUT2D eigenvalue weighted by Gasteiger charge is -2.15. The van der Waals surface area contributed by atoms with E-state index in [0.717, 1.165) is 5.56 Å². The molecule has 0 saturated carbocycles. The number of hydrogen-bond acceptors (Lipinski definition) is 3. The van der Waals surface area contributed by atoms with Gasteiger partial charge in [-0.05, 0) is 29.2 Å². The van der Waals surface area contributed by atoms with Gasteiger partial charge in [0, 0.05) is 6.20 Å². The van der Waals surface area contributed by atoms with Gasteiger partial charge in [0.05, 0.1) is 6.54 Å². The van der Waals surface area contributed by atoms with Crippen molar-refractivity contribution in [3.63, 3.8) is 0 Å². The van der Waals surface area contributed by atoms with Gasteiger partial charge in [0.2, 0.25) is 5.76 Å². The van der Waals surface area contributed by atoms with Gasteiger partial charge in [0.15, 0.2) is 0 Å². The molecule has 5 nitrogen and oxygen atoms in total. The van der Waals surface area contributed by atoms with E-state index in [1.165, 1.54) is 6.07 Å². The van der Waals surface area contributed by atoms with Gasteiger partial charge in [-0.2, -0.15) is 5.26 Å². The smallest absolute Gasteiger partial charge is 0.371 e. The largest absolute Gasteiger partial charge is 0.475 e. The molecule has 1 N–H and O–H groups in total. The van der Waals surface area contributed by atoms with E-state index in [-0.39, 0.29) is 11.2 Å².